The normalized spacial score (nSPS) is 10.4. The van der Waals surface area contributed by atoms with Crippen LogP contribution in [0.1, 0.15) is 21.8 Å². The third kappa shape index (κ3) is 3.73. The number of thioether (sulfide) groups is 1. The van der Waals surface area contributed by atoms with E-state index >= 15 is 0 Å². The van der Waals surface area contributed by atoms with Gasteiger partial charge in [-0.05, 0) is 11.6 Å². The molecule has 3 N–H and O–H groups in total. The molecule has 0 saturated carbocycles. The van der Waals surface area contributed by atoms with Crippen molar-refractivity contribution in [3.05, 3.63) is 52.4 Å². The summed E-state index contributed by atoms with van der Waals surface area (Å²) in [6.07, 6.45) is 0. The maximum atomic E-state index is 11.2. The molecule has 0 radical (unpaired) electrons. The van der Waals surface area contributed by atoms with Crippen molar-refractivity contribution in [2.75, 3.05) is 0 Å². The molecule has 0 aliphatic heterocycles. The summed E-state index contributed by atoms with van der Waals surface area (Å²) in [4.78, 5) is 11.2. The predicted molar refractivity (Wildman–Crippen MR) is 74.6 cm³/mol. The highest BCUT2D eigenvalue weighted by atomic mass is 35.5. The van der Waals surface area contributed by atoms with Crippen molar-refractivity contribution >= 4 is 29.3 Å². The molecular formula is C12H12ClN3O2S. The van der Waals surface area contributed by atoms with Crippen LogP contribution in [0.4, 0.5) is 0 Å². The summed E-state index contributed by atoms with van der Waals surface area (Å²) >= 11 is 7.68. The molecule has 0 bridgehead atoms. The first-order valence-corrected chi connectivity index (χ1v) is 7.01. The smallest absolute Gasteiger partial charge is 0.287 e. The molecule has 0 aliphatic carbocycles. The van der Waals surface area contributed by atoms with Crippen LogP contribution in [0, 0.1) is 0 Å². The Morgan fingerprint density at radius 2 is 2.21 bits per heavy atom. The number of hydrazine groups is 1. The quantitative estimate of drug-likeness (QED) is 0.503. The Morgan fingerprint density at radius 3 is 2.95 bits per heavy atom. The molecule has 0 spiro atoms. The molecule has 0 aliphatic rings. The Labute approximate surface area is 119 Å². The molecule has 1 aromatic carbocycles. The van der Waals surface area contributed by atoms with Crippen LogP contribution in [-0.2, 0) is 11.5 Å². The van der Waals surface area contributed by atoms with Gasteiger partial charge in [0.25, 0.3) is 5.91 Å². The van der Waals surface area contributed by atoms with Crippen molar-refractivity contribution in [1.29, 1.82) is 0 Å². The van der Waals surface area contributed by atoms with Gasteiger partial charge in [-0.2, -0.15) is 0 Å². The fraction of sp³-hybridized carbons (Fsp3) is 0.167. The van der Waals surface area contributed by atoms with Crippen LogP contribution in [0.5, 0.6) is 0 Å². The number of rotatable bonds is 5. The lowest BCUT2D eigenvalue weighted by molar-refractivity contribution is 0.0944. The summed E-state index contributed by atoms with van der Waals surface area (Å²) in [6, 6.07) is 9.24. The number of halogens is 1. The number of nitrogen functional groups attached to an aromatic ring is 1. The zero-order valence-corrected chi connectivity index (χ0v) is 11.5. The molecule has 1 aromatic heterocycles. The monoisotopic (exact) mass is 297 g/mol. The highest BCUT2D eigenvalue weighted by Gasteiger charge is 2.11. The van der Waals surface area contributed by atoms with E-state index in [0.29, 0.717) is 11.5 Å². The lowest BCUT2D eigenvalue weighted by atomic mass is 10.2. The summed E-state index contributed by atoms with van der Waals surface area (Å²) in [5.74, 6) is 6.53. The van der Waals surface area contributed by atoms with Crippen LogP contribution in [0.25, 0.3) is 0 Å². The summed E-state index contributed by atoms with van der Waals surface area (Å²) < 4.78 is 5.04. The van der Waals surface area contributed by atoms with Crippen LogP contribution < -0.4 is 11.3 Å². The average Bonchev–Trinajstić information content (AvgIpc) is 2.89. The SMILES string of the molecule is NNC(=O)c1cc(CSCc2ccccc2Cl)on1. The Kier molecular flexibility index (Phi) is 4.84. The van der Waals surface area contributed by atoms with E-state index in [9.17, 15) is 4.79 Å². The van der Waals surface area contributed by atoms with E-state index in [0.717, 1.165) is 16.3 Å². The fourth-order valence-corrected chi connectivity index (χ4v) is 2.63. The first-order valence-electron chi connectivity index (χ1n) is 5.48. The number of nitrogens with one attached hydrogen (secondary N) is 1. The second-order valence-corrected chi connectivity index (χ2v) is 5.13. The number of hydrogen-bond acceptors (Lipinski definition) is 5. The Balaban J connectivity index is 1.88. The number of carbonyl (C=O) groups is 1. The maximum Gasteiger partial charge on any atom is 0.287 e. The molecule has 5 nitrogen and oxygen atoms in total. The van der Waals surface area contributed by atoms with Gasteiger partial charge in [-0.1, -0.05) is 35.0 Å². The van der Waals surface area contributed by atoms with Crippen LogP contribution in [0.15, 0.2) is 34.9 Å². The zero-order valence-electron chi connectivity index (χ0n) is 9.93. The Hall–Kier alpha value is -1.50. The van der Waals surface area contributed by atoms with Gasteiger partial charge in [0, 0.05) is 16.8 Å². The third-order valence-corrected chi connectivity index (χ3v) is 3.75. The van der Waals surface area contributed by atoms with Gasteiger partial charge in [0.15, 0.2) is 5.69 Å². The van der Waals surface area contributed by atoms with E-state index in [1.54, 1.807) is 17.8 Å². The minimum atomic E-state index is -0.467. The molecular weight excluding hydrogens is 286 g/mol. The average molecular weight is 298 g/mol. The summed E-state index contributed by atoms with van der Waals surface area (Å²) in [6.45, 7) is 0. The number of amides is 1. The molecule has 0 atom stereocenters. The maximum absolute atomic E-state index is 11.2. The fourth-order valence-electron chi connectivity index (χ4n) is 1.44. The molecule has 1 heterocycles. The van der Waals surface area contributed by atoms with E-state index < -0.39 is 5.91 Å². The van der Waals surface area contributed by atoms with Gasteiger partial charge >= 0.3 is 0 Å². The van der Waals surface area contributed by atoms with Crippen molar-refractivity contribution in [3.8, 4) is 0 Å². The van der Waals surface area contributed by atoms with E-state index in [-0.39, 0.29) is 5.69 Å². The van der Waals surface area contributed by atoms with Crippen molar-refractivity contribution in [3.63, 3.8) is 0 Å². The van der Waals surface area contributed by atoms with Crippen molar-refractivity contribution in [2.24, 2.45) is 5.84 Å². The number of nitrogens with two attached hydrogens (primary N) is 1. The summed E-state index contributed by atoms with van der Waals surface area (Å²) in [7, 11) is 0. The highest BCUT2D eigenvalue weighted by molar-refractivity contribution is 7.97. The minimum Gasteiger partial charge on any atom is -0.360 e. The second kappa shape index (κ2) is 6.60. The van der Waals surface area contributed by atoms with Gasteiger partial charge in [-0.3, -0.25) is 10.2 Å². The van der Waals surface area contributed by atoms with Gasteiger partial charge in [-0.15, -0.1) is 11.8 Å². The van der Waals surface area contributed by atoms with Crippen molar-refractivity contribution < 1.29 is 9.32 Å². The standard InChI is InChI=1S/C12H12ClN3O2S/c13-10-4-2-1-3-8(10)6-19-7-9-5-11(16-18-9)12(17)15-14/h1-5H,6-7,14H2,(H,15,17). The summed E-state index contributed by atoms with van der Waals surface area (Å²) in [5, 5.41) is 4.37. The number of carbonyl (C=O) groups excluding carboxylic acids is 1. The highest BCUT2D eigenvalue weighted by Crippen LogP contribution is 2.23. The van der Waals surface area contributed by atoms with Crippen LogP contribution in [0.3, 0.4) is 0 Å². The third-order valence-electron chi connectivity index (χ3n) is 2.38. The molecule has 2 rings (SSSR count). The Bertz CT molecular complexity index is 574. The second-order valence-electron chi connectivity index (χ2n) is 3.74. The Morgan fingerprint density at radius 1 is 1.42 bits per heavy atom. The number of aromatic nitrogens is 1. The van der Waals surface area contributed by atoms with Crippen molar-refractivity contribution in [2.45, 2.75) is 11.5 Å². The van der Waals surface area contributed by atoms with Gasteiger partial charge in [0.1, 0.15) is 5.76 Å². The first-order chi connectivity index (χ1) is 9.20. The molecule has 7 heteroatoms. The van der Waals surface area contributed by atoms with E-state index in [2.05, 4.69) is 5.16 Å². The van der Waals surface area contributed by atoms with Gasteiger partial charge in [-0.25, -0.2) is 5.84 Å². The van der Waals surface area contributed by atoms with Crippen LogP contribution in [0.2, 0.25) is 5.02 Å². The molecule has 100 valence electrons. The number of nitrogens with zero attached hydrogens (tertiary/aromatic N) is 1. The van der Waals surface area contributed by atoms with E-state index in [1.165, 1.54) is 0 Å². The zero-order chi connectivity index (χ0) is 13.7. The topological polar surface area (TPSA) is 81.1 Å². The largest absolute Gasteiger partial charge is 0.360 e. The van der Waals surface area contributed by atoms with E-state index in [1.807, 2.05) is 29.7 Å². The predicted octanol–water partition coefficient (Wildman–Crippen LogP) is 2.36. The molecule has 0 unspecified atom stereocenters. The van der Waals surface area contributed by atoms with Crippen LogP contribution in [-0.4, -0.2) is 11.1 Å². The van der Waals surface area contributed by atoms with Gasteiger partial charge in [0.2, 0.25) is 0 Å². The van der Waals surface area contributed by atoms with E-state index in [4.69, 9.17) is 22.0 Å². The molecule has 0 fully saturated rings. The number of benzene rings is 1. The van der Waals surface area contributed by atoms with Gasteiger partial charge in [0.05, 0.1) is 5.75 Å². The van der Waals surface area contributed by atoms with Crippen LogP contribution >= 0.6 is 23.4 Å². The van der Waals surface area contributed by atoms with Gasteiger partial charge < -0.3 is 4.52 Å². The van der Waals surface area contributed by atoms with Crippen molar-refractivity contribution in [1.82, 2.24) is 10.6 Å². The lowest BCUT2D eigenvalue weighted by Crippen LogP contribution is -2.30. The molecule has 1 amide bonds. The molecule has 2 aromatic rings. The summed E-state index contributed by atoms with van der Waals surface area (Å²) in [5.41, 5.74) is 3.24. The lowest BCUT2D eigenvalue weighted by Gasteiger charge is -2.01. The molecule has 0 saturated heterocycles. The molecule has 19 heavy (non-hydrogen) atoms. The minimum absolute atomic E-state index is 0.177. The number of hydrogen-bond donors (Lipinski definition) is 2. The first kappa shape index (κ1) is 13.9.